The highest BCUT2D eigenvalue weighted by Gasteiger charge is 2.21. The zero-order chi connectivity index (χ0) is 24.5. The van der Waals surface area contributed by atoms with Crippen LogP contribution < -0.4 is 14.8 Å². The number of carbonyl (C=O) groups excluding carboxylic acids is 2. The minimum atomic E-state index is -0.310. The summed E-state index contributed by atoms with van der Waals surface area (Å²) in [5.41, 5.74) is 3.41. The van der Waals surface area contributed by atoms with Gasteiger partial charge in [-0.05, 0) is 35.9 Å². The van der Waals surface area contributed by atoms with Crippen LogP contribution in [0.1, 0.15) is 26.4 Å². The molecule has 2 amide bonds. The molecule has 182 valence electrons. The van der Waals surface area contributed by atoms with Gasteiger partial charge in [0.1, 0.15) is 0 Å². The van der Waals surface area contributed by atoms with Crippen LogP contribution in [0.4, 0.5) is 5.69 Å². The average Bonchev–Trinajstić information content (AvgIpc) is 3.54. The van der Waals surface area contributed by atoms with Crippen molar-refractivity contribution in [3.05, 3.63) is 83.6 Å². The number of hydrogen-bond acceptors (Lipinski definition) is 6. The highest BCUT2D eigenvalue weighted by molar-refractivity contribution is 6.11. The highest BCUT2D eigenvalue weighted by atomic mass is 16.7. The van der Waals surface area contributed by atoms with Gasteiger partial charge in [-0.25, -0.2) is 0 Å². The van der Waals surface area contributed by atoms with Crippen LogP contribution in [-0.2, 0) is 11.3 Å². The predicted octanol–water partition coefficient (Wildman–Crippen LogP) is 3.54. The van der Waals surface area contributed by atoms with Crippen LogP contribution in [0.15, 0.2) is 66.7 Å². The fourth-order valence-corrected chi connectivity index (χ4v) is 4.45. The second-order valence-corrected chi connectivity index (χ2v) is 8.65. The Bertz CT molecular complexity index is 1440. The SMILES string of the molecule is O=C(Nc1ccc2c(c1)OCO2)c1nn(Cc2ccc(C(=O)N3CCOCC3)cc2)c2ccccc12. The van der Waals surface area contributed by atoms with Crippen molar-refractivity contribution >= 4 is 28.4 Å². The molecule has 9 heteroatoms. The summed E-state index contributed by atoms with van der Waals surface area (Å²) in [5, 5.41) is 8.31. The van der Waals surface area contributed by atoms with E-state index in [1.165, 1.54) is 0 Å². The van der Waals surface area contributed by atoms with E-state index in [2.05, 4.69) is 10.4 Å². The first-order chi connectivity index (χ1) is 17.7. The molecule has 1 N–H and O–H groups in total. The highest BCUT2D eigenvalue weighted by Crippen LogP contribution is 2.34. The van der Waals surface area contributed by atoms with E-state index in [-0.39, 0.29) is 18.6 Å². The number of para-hydroxylation sites is 1. The van der Waals surface area contributed by atoms with Gasteiger partial charge < -0.3 is 24.4 Å². The van der Waals surface area contributed by atoms with E-state index in [1.54, 1.807) is 18.2 Å². The van der Waals surface area contributed by atoms with E-state index in [1.807, 2.05) is 58.1 Å². The molecule has 9 nitrogen and oxygen atoms in total. The molecule has 0 saturated carbocycles. The Kier molecular flexibility index (Phi) is 5.74. The predicted molar refractivity (Wildman–Crippen MR) is 133 cm³/mol. The summed E-state index contributed by atoms with van der Waals surface area (Å²) >= 11 is 0. The molecule has 36 heavy (non-hydrogen) atoms. The summed E-state index contributed by atoms with van der Waals surface area (Å²) in [6.07, 6.45) is 0. The molecule has 6 rings (SSSR count). The lowest BCUT2D eigenvalue weighted by Crippen LogP contribution is -2.40. The molecule has 1 fully saturated rings. The van der Waals surface area contributed by atoms with Gasteiger partial charge in [-0.3, -0.25) is 14.3 Å². The number of benzene rings is 3. The lowest BCUT2D eigenvalue weighted by atomic mass is 10.1. The minimum Gasteiger partial charge on any atom is -0.454 e. The van der Waals surface area contributed by atoms with Crippen LogP contribution in [0.3, 0.4) is 0 Å². The van der Waals surface area contributed by atoms with Crippen molar-refractivity contribution in [3.63, 3.8) is 0 Å². The maximum Gasteiger partial charge on any atom is 0.276 e. The molecule has 0 spiro atoms. The third-order valence-electron chi connectivity index (χ3n) is 6.33. The molecule has 0 aliphatic carbocycles. The summed E-state index contributed by atoms with van der Waals surface area (Å²) in [6.45, 7) is 2.99. The number of fused-ring (bicyclic) bond motifs is 2. The van der Waals surface area contributed by atoms with Gasteiger partial charge in [-0.1, -0.05) is 30.3 Å². The molecule has 0 radical (unpaired) electrons. The number of carbonyl (C=O) groups is 2. The fraction of sp³-hybridized carbons (Fsp3) is 0.222. The third kappa shape index (κ3) is 4.25. The Balaban J connectivity index is 1.22. The van der Waals surface area contributed by atoms with Gasteiger partial charge in [-0.15, -0.1) is 0 Å². The first-order valence-electron chi connectivity index (χ1n) is 11.8. The van der Waals surface area contributed by atoms with E-state index in [0.717, 1.165) is 16.5 Å². The summed E-state index contributed by atoms with van der Waals surface area (Å²) < 4.78 is 17.9. The van der Waals surface area contributed by atoms with Crippen molar-refractivity contribution in [3.8, 4) is 11.5 Å². The van der Waals surface area contributed by atoms with Gasteiger partial charge in [0, 0.05) is 35.8 Å². The van der Waals surface area contributed by atoms with Gasteiger partial charge in [0.15, 0.2) is 17.2 Å². The first kappa shape index (κ1) is 22.1. The first-order valence-corrected chi connectivity index (χ1v) is 11.8. The fourth-order valence-electron chi connectivity index (χ4n) is 4.45. The topological polar surface area (TPSA) is 94.9 Å². The number of nitrogens with zero attached hydrogens (tertiary/aromatic N) is 3. The van der Waals surface area contributed by atoms with E-state index < -0.39 is 0 Å². The molecular formula is C27H24N4O5. The molecule has 1 saturated heterocycles. The number of morpholine rings is 1. The molecular weight excluding hydrogens is 460 g/mol. The maximum atomic E-state index is 13.2. The maximum absolute atomic E-state index is 13.2. The zero-order valence-corrected chi connectivity index (χ0v) is 19.5. The van der Waals surface area contributed by atoms with Crippen molar-refractivity contribution in [1.82, 2.24) is 14.7 Å². The van der Waals surface area contributed by atoms with E-state index >= 15 is 0 Å². The van der Waals surface area contributed by atoms with Crippen molar-refractivity contribution in [2.45, 2.75) is 6.54 Å². The van der Waals surface area contributed by atoms with Crippen LogP contribution >= 0.6 is 0 Å². The van der Waals surface area contributed by atoms with E-state index in [0.29, 0.717) is 61.3 Å². The number of hydrogen-bond donors (Lipinski definition) is 1. The lowest BCUT2D eigenvalue weighted by molar-refractivity contribution is 0.0303. The largest absolute Gasteiger partial charge is 0.454 e. The molecule has 2 aliphatic rings. The lowest BCUT2D eigenvalue weighted by Gasteiger charge is -2.26. The number of nitrogens with one attached hydrogen (secondary N) is 1. The normalized spacial score (nSPS) is 14.7. The van der Waals surface area contributed by atoms with Crippen molar-refractivity contribution in [2.75, 3.05) is 38.4 Å². The zero-order valence-electron chi connectivity index (χ0n) is 19.5. The Morgan fingerprint density at radius 3 is 2.53 bits per heavy atom. The van der Waals surface area contributed by atoms with Crippen LogP contribution in [-0.4, -0.2) is 59.6 Å². The summed E-state index contributed by atoms with van der Waals surface area (Å²) in [6, 6.07) is 20.4. The Hall–Kier alpha value is -4.37. The summed E-state index contributed by atoms with van der Waals surface area (Å²) in [4.78, 5) is 27.7. The Morgan fingerprint density at radius 2 is 1.69 bits per heavy atom. The Morgan fingerprint density at radius 1 is 0.917 bits per heavy atom. The molecule has 2 aliphatic heterocycles. The van der Waals surface area contributed by atoms with Gasteiger partial charge in [-0.2, -0.15) is 5.10 Å². The number of aromatic nitrogens is 2. The smallest absolute Gasteiger partial charge is 0.276 e. The van der Waals surface area contributed by atoms with Gasteiger partial charge in [0.05, 0.1) is 25.3 Å². The van der Waals surface area contributed by atoms with Crippen LogP contribution in [0.25, 0.3) is 10.9 Å². The van der Waals surface area contributed by atoms with Crippen molar-refractivity contribution in [1.29, 1.82) is 0 Å². The van der Waals surface area contributed by atoms with Crippen LogP contribution in [0.5, 0.6) is 11.5 Å². The molecule has 3 heterocycles. The van der Waals surface area contributed by atoms with Gasteiger partial charge in [0.2, 0.25) is 6.79 Å². The second-order valence-electron chi connectivity index (χ2n) is 8.65. The standard InChI is InChI=1S/C27H24N4O5/c32-26(28-20-9-10-23-24(15-20)36-17-35-23)25-21-3-1-2-4-22(21)31(29-25)16-18-5-7-19(8-6-18)27(33)30-11-13-34-14-12-30/h1-10,15H,11-14,16-17H2,(H,28,32). The molecule has 0 bridgehead atoms. The van der Waals surface area contributed by atoms with Gasteiger partial charge in [0.25, 0.3) is 11.8 Å². The molecule has 1 aromatic heterocycles. The van der Waals surface area contributed by atoms with Crippen molar-refractivity contribution in [2.24, 2.45) is 0 Å². The molecule has 0 atom stereocenters. The van der Waals surface area contributed by atoms with Crippen LogP contribution in [0, 0.1) is 0 Å². The Labute approximate surface area is 207 Å². The van der Waals surface area contributed by atoms with E-state index in [4.69, 9.17) is 14.2 Å². The van der Waals surface area contributed by atoms with Gasteiger partial charge >= 0.3 is 0 Å². The number of ether oxygens (including phenoxy) is 3. The summed E-state index contributed by atoms with van der Waals surface area (Å²) in [7, 11) is 0. The molecule has 4 aromatic rings. The second kappa shape index (κ2) is 9.35. The average molecular weight is 485 g/mol. The number of anilines is 1. The van der Waals surface area contributed by atoms with Crippen molar-refractivity contribution < 1.29 is 23.8 Å². The molecule has 0 unspecified atom stereocenters. The number of rotatable bonds is 5. The monoisotopic (exact) mass is 484 g/mol. The van der Waals surface area contributed by atoms with Crippen LogP contribution in [0.2, 0.25) is 0 Å². The minimum absolute atomic E-state index is 0.0110. The summed E-state index contributed by atoms with van der Waals surface area (Å²) in [5.74, 6) is 0.950. The third-order valence-corrected chi connectivity index (χ3v) is 6.33. The number of amides is 2. The molecule has 3 aromatic carbocycles. The quantitative estimate of drug-likeness (QED) is 0.466. The van der Waals surface area contributed by atoms with E-state index in [9.17, 15) is 9.59 Å².